The van der Waals surface area contributed by atoms with Crippen LogP contribution in [0.5, 0.6) is 5.75 Å². The Balaban J connectivity index is 0.00000280. The van der Waals surface area contributed by atoms with Crippen LogP contribution in [-0.4, -0.2) is 37.0 Å². The van der Waals surface area contributed by atoms with Crippen molar-refractivity contribution in [2.24, 2.45) is 0 Å². The number of amides is 1. The first kappa shape index (κ1) is 22.3. The fourth-order valence-corrected chi connectivity index (χ4v) is 3.51. The molecule has 0 radical (unpaired) electrons. The minimum atomic E-state index is -0.0791. The Kier molecular flexibility index (Phi) is 8.34. The van der Waals surface area contributed by atoms with Crippen LogP contribution in [-0.2, 0) is 4.79 Å². The largest absolute Gasteiger partial charge is 0.484 e. The van der Waals surface area contributed by atoms with Gasteiger partial charge in [-0.05, 0) is 75.5 Å². The first-order chi connectivity index (χ1) is 13.0. The molecule has 1 N–H and O–H groups in total. The summed E-state index contributed by atoms with van der Waals surface area (Å²) in [4.78, 5) is 14.8. The smallest absolute Gasteiger partial charge is 0.258 e. The SMILES string of the molecule is Cc1ccc(C(CNC(=O)COc2ccc(C)c(C)c2)N2CCCC2)cc1.Cl. The van der Waals surface area contributed by atoms with Crippen molar-refractivity contribution in [3.63, 3.8) is 0 Å². The molecule has 1 heterocycles. The number of rotatable bonds is 7. The third-order valence-corrected chi connectivity index (χ3v) is 5.38. The van der Waals surface area contributed by atoms with Gasteiger partial charge in [0, 0.05) is 6.54 Å². The van der Waals surface area contributed by atoms with Gasteiger partial charge in [0.15, 0.2) is 6.61 Å². The number of hydrogen-bond donors (Lipinski definition) is 1. The van der Waals surface area contributed by atoms with Crippen molar-refractivity contribution in [2.75, 3.05) is 26.2 Å². The highest BCUT2D eigenvalue weighted by molar-refractivity contribution is 5.85. The molecule has 152 valence electrons. The number of likely N-dealkylation sites (tertiary alicyclic amines) is 1. The topological polar surface area (TPSA) is 41.6 Å². The van der Waals surface area contributed by atoms with E-state index in [1.807, 2.05) is 25.1 Å². The summed E-state index contributed by atoms with van der Waals surface area (Å²) in [5.74, 6) is 0.660. The maximum atomic E-state index is 12.3. The average Bonchev–Trinajstić information content (AvgIpc) is 3.19. The molecule has 1 aliphatic heterocycles. The van der Waals surface area contributed by atoms with E-state index < -0.39 is 0 Å². The second-order valence-corrected chi connectivity index (χ2v) is 7.51. The predicted octanol–water partition coefficient (Wildman–Crippen LogP) is 4.37. The van der Waals surface area contributed by atoms with Gasteiger partial charge in [-0.15, -0.1) is 12.4 Å². The Labute approximate surface area is 174 Å². The molecule has 2 aromatic carbocycles. The van der Waals surface area contributed by atoms with Gasteiger partial charge in [0.1, 0.15) is 5.75 Å². The minimum absolute atomic E-state index is 0. The second-order valence-electron chi connectivity index (χ2n) is 7.51. The lowest BCUT2D eigenvalue weighted by Gasteiger charge is -2.28. The van der Waals surface area contributed by atoms with Gasteiger partial charge in [-0.1, -0.05) is 35.9 Å². The number of benzene rings is 2. The van der Waals surface area contributed by atoms with Crippen molar-refractivity contribution >= 4 is 18.3 Å². The summed E-state index contributed by atoms with van der Waals surface area (Å²) in [7, 11) is 0. The quantitative estimate of drug-likeness (QED) is 0.747. The van der Waals surface area contributed by atoms with Crippen LogP contribution in [0.3, 0.4) is 0 Å². The third-order valence-electron chi connectivity index (χ3n) is 5.38. The van der Waals surface area contributed by atoms with Crippen LogP contribution < -0.4 is 10.1 Å². The Bertz CT molecular complexity index is 771. The maximum Gasteiger partial charge on any atom is 0.258 e. The van der Waals surface area contributed by atoms with Gasteiger partial charge in [-0.2, -0.15) is 0 Å². The Morgan fingerprint density at radius 1 is 1.04 bits per heavy atom. The third kappa shape index (κ3) is 5.98. The number of carbonyl (C=O) groups is 1. The first-order valence-corrected chi connectivity index (χ1v) is 9.80. The van der Waals surface area contributed by atoms with Crippen LogP contribution >= 0.6 is 12.4 Å². The first-order valence-electron chi connectivity index (χ1n) is 9.80. The molecular formula is C23H31ClN2O2. The fraction of sp³-hybridized carbons (Fsp3) is 0.435. The molecule has 1 saturated heterocycles. The van der Waals surface area contributed by atoms with Crippen molar-refractivity contribution < 1.29 is 9.53 Å². The molecule has 1 unspecified atom stereocenters. The summed E-state index contributed by atoms with van der Waals surface area (Å²) in [5, 5.41) is 3.06. The van der Waals surface area contributed by atoms with Gasteiger partial charge in [0.2, 0.25) is 0 Å². The maximum absolute atomic E-state index is 12.3. The van der Waals surface area contributed by atoms with Crippen LogP contribution in [0.15, 0.2) is 42.5 Å². The lowest BCUT2D eigenvalue weighted by molar-refractivity contribution is -0.123. The van der Waals surface area contributed by atoms with E-state index >= 15 is 0 Å². The monoisotopic (exact) mass is 402 g/mol. The summed E-state index contributed by atoms with van der Waals surface area (Å²) in [6.07, 6.45) is 2.46. The molecule has 1 fully saturated rings. The summed E-state index contributed by atoms with van der Waals surface area (Å²) >= 11 is 0. The molecule has 28 heavy (non-hydrogen) atoms. The van der Waals surface area contributed by atoms with Crippen molar-refractivity contribution in [1.29, 1.82) is 0 Å². The van der Waals surface area contributed by atoms with Crippen LogP contribution in [0.25, 0.3) is 0 Å². The van der Waals surface area contributed by atoms with Crippen LogP contribution in [0.4, 0.5) is 0 Å². The van der Waals surface area contributed by atoms with Crippen LogP contribution in [0, 0.1) is 20.8 Å². The van der Waals surface area contributed by atoms with E-state index in [4.69, 9.17) is 4.74 Å². The molecule has 0 aromatic heterocycles. The number of carbonyl (C=O) groups excluding carboxylic acids is 1. The standard InChI is InChI=1S/C23H30N2O2.ClH/c1-17-6-9-20(10-7-17)22(25-12-4-5-13-25)15-24-23(26)16-27-21-11-8-18(2)19(3)14-21;/h6-11,14,22H,4-5,12-13,15-16H2,1-3H3,(H,24,26);1H. The summed E-state index contributed by atoms with van der Waals surface area (Å²) in [6, 6.07) is 14.8. The van der Waals surface area contributed by atoms with E-state index in [2.05, 4.69) is 48.3 Å². The highest BCUT2D eigenvalue weighted by atomic mass is 35.5. The molecule has 0 aliphatic carbocycles. The molecule has 5 heteroatoms. The zero-order valence-corrected chi connectivity index (χ0v) is 17.8. The molecule has 0 spiro atoms. The van der Waals surface area contributed by atoms with Crippen LogP contribution in [0.1, 0.15) is 41.1 Å². The van der Waals surface area contributed by atoms with Crippen molar-refractivity contribution in [1.82, 2.24) is 10.2 Å². The van der Waals surface area contributed by atoms with Gasteiger partial charge >= 0.3 is 0 Å². The lowest BCUT2D eigenvalue weighted by atomic mass is 10.0. The lowest BCUT2D eigenvalue weighted by Crippen LogP contribution is -2.38. The van der Waals surface area contributed by atoms with Gasteiger partial charge in [-0.25, -0.2) is 0 Å². The average molecular weight is 403 g/mol. The van der Waals surface area contributed by atoms with Crippen molar-refractivity contribution in [2.45, 2.75) is 39.7 Å². The molecule has 3 rings (SSSR count). The van der Waals surface area contributed by atoms with E-state index in [0.29, 0.717) is 6.54 Å². The number of hydrogen-bond acceptors (Lipinski definition) is 3. The summed E-state index contributed by atoms with van der Waals surface area (Å²) in [5.41, 5.74) is 4.90. The van der Waals surface area contributed by atoms with Gasteiger partial charge in [0.05, 0.1) is 6.04 Å². The van der Waals surface area contributed by atoms with E-state index in [1.165, 1.54) is 35.1 Å². The van der Waals surface area contributed by atoms with Crippen LogP contribution in [0.2, 0.25) is 0 Å². The molecular weight excluding hydrogens is 372 g/mol. The molecule has 2 aromatic rings. The number of halogens is 1. The highest BCUT2D eigenvalue weighted by Gasteiger charge is 2.23. The number of ether oxygens (including phenoxy) is 1. The van der Waals surface area contributed by atoms with Gasteiger partial charge in [-0.3, -0.25) is 9.69 Å². The predicted molar refractivity (Wildman–Crippen MR) is 116 cm³/mol. The van der Waals surface area contributed by atoms with E-state index in [-0.39, 0.29) is 31.0 Å². The molecule has 1 amide bonds. The number of nitrogens with one attached hydrogen (secondary N) is 1. The second kappa shape index (κ2) is 10.5. The number of aryl methyl sites for hydroxylation is 3. The number of nitrogens with zero attached hydrogens (tertiary/aromatic N) is 1. The fourth-order valence-electron chi connectivity index (χ4n) is 3.51. The van der Waals surface area contributed by atoms with E-state index in [9.17, 15) is 4.79 Å². The molecule has 0 bridgehead atoms. The summed E-state index contributed by atoms with van der Waals surface area (Å²) < 4.78 is 5.66. The molecule has 1 aliphatic rings. The molecule has 0 saturated carbocycles. The van der Waals surface area contributed by atoms with Crippen molar-refractivity contribution in [3.05, 3.63) is 64.7 Å². The highest BCUT2D eigenvalue weighted by Crippen LogP contribution is 2.25. The molecule has 1 atom stereocenters. The molecule has 4 nitrogen and oxygen atoms in total. The Morgan fingerprint density at radius 2 is 1.71 bits per heavy atom. The Morgan fingerprint density at radius 3 is 2.36 bits per heavy atom. The van der Waals surface area contributed by atoms with Gasteiger partial charge in [0.25, 0.3) is 5.91 Å². The zero-order chi connectivity index (χ0) is 19.2. The summed E-state index contributed by atoms with van der Waals surface area (Å²) in [6.45, 7) is 9.04. The van der Waals surface area contributed by atoms with Gasteiger partial charge < -0.3 is 10.1 Å². The minimum Gasteiger partial charge on any atom is -0.484 e. The normalized spacial score (nSPS) is 15.0. The zero-order valence-electron chi connectivity index (χ0n) is 17.0. The Hall–Kier alpha value is -2.04. The van der Waals surface area contributed by atoms with Crippen molar-refractivity contribution in [3.8, 4) is 5.75 Å². The van der Waals surface area contributed by atoms with E-state index in [0.717, 1.165) is 18.8 Å². The van der Waals surface area contributed by atoms with E-state index in [1.54, 1.807) is 0 Å².